The standard InChI is InChI=1S/C27H37FN8O3/c1-2-3-13-31-25-34-26(32-19-20-4-8-22(28)9-5-20)36-27(35-25)33-23-10-6-21(7-11-23)24(37)30-14-16-39-18-17-38-15-12-29/h4-11H,2-3,12-19,29H2,1H3,(H,30,37)(H3,31,32,33,34,35,36). The Kier molecular flexibility index (Phi) is 12.8. The molecule has 0 spiro atoms. The molecule has 3 rings (SSSR count). The minimum atomic E-state index is -0.287. The molecule has 1 aromatic heterocycles. The van der Waals surface area contributed by atoms with Crippen LogP contribution in [0.15, 0.2) is 48.5 Å². The first-order chi connectivity index (χ1) is 19.1. The van der Waals surface area contributed by atoms with Gasteiger partial charge in [-0.1, -0.05) is 25.5 Å². The van der Waals surface area contributed by atoms with Crippen LogP contribution < -0.4 is 27.0 Å². The smallest absolute Gasteiger partial charge is 0.251 e. The first-order valence-electron chi connectivity index (χ1n) is 13.1. The van der Waals surface area contributed by atoms with Gasteiger partial charge in [-0.2, -0.15) is 15.0 Å². The van der Waals surface area contributed by atoms with Crippen LogP contribution in [0.3, 0.4) is 0 Å². The molecule has 1 heterocycles. The second-order valence-corrected chi connectivity index (χ2v) is 8.54. The van der Waals surface area contributed by atoms with Crippen molar-refractivity contribution in [1.29, 1.82) is 0 Å². The first kappa shape index (κ1) is 29.7. The molecule has 0 saturated heterocycles. The predicted octanol–water partition coefficient (Wildman–Crippen LogP) is 3.30. The molecule has 0 fully saturated rings. The van der Waals surface area contributed by atoms with Gasteiger partial charge in [-0.15, -0.1) is 0 Å². The maximum Gasteiger partial charge on any atom is 0.251 e. The number of carbonyl (C=O) groups excluding carboxylic acids is 1. The van der Waals surface area contributed by atoms with Crippen molar-refractivity contribution in [3.63, 3.8) is 0 Å². The van der Waals surface area contributed by atoms with Crippen LogP contribution in [-0.4, -0.2) is 66.9 Å². The summed E-state index contributed by atoms with van der Waals surface area (Å²) >= 11 is 0. The number of ether oxygens (including phenoxy) is 2. The summed E-state index contributed by atoms with van der Waals surface area (Å²) in [4.78, 5) is 25.8. The van der Waals surface area contributed by atoms with Crippen LogP contribution in [0.25, 0.3) is 0 Å². The fourth-order valence-electron chi connectivity index (χ4n) is 3.33. The number of hydrogen-bond donors (Lipinski definition) is 5. The van der Waals surface area contributed by atoms with Crippen molar-refractivity contribution in [2.45, 2.75) is 26.3 Å². The number of aromatic nitrogens is 3. The molecule has 6 N–H and O–H groups in total. The molecule has 11 nitrogen and oxygen atoms in total. The van der Waals surface area contributed by atoms with Crippen LogP contribution in [0, 0.1) is 5.82 Å². The van der Waals surface area contributed by atoms with Crippen molar-refractivity contribution in [3.05, 3.63) is 65.5 Å². The number of nitrogens with one attached hydrogen (secondary N) is 4. The van der Waals surface area contributed by atoms with Crippen molar-refractivity contribution in [3.8, 4) is 0 Å². The first-order valence-corrected chi connectivity index (χ1v) is 13.1. The highest BCUT2D eigenvalue weighted by molar-refractivity contribution is 5.94. The fraction of sp³-hybridized carbons (Fsp3) is 0.407. The Balaban J connectivity index is 1.55. The van der Waals surface area contributed by atoms with Crippen LogP contribution in [0.5, 0.6) is 0 Å². The topological polar surface area (TPSA) is 148 Å². The monoisotopic (exact) mass is 540 g/mol. The van der Waals surface area contributed by atoms with Gasteiger partial charge in [0.05, 0.1) is 26.4 Å². The number of carbonyl (C=O) groups is 1. The summed E-state index contributed by atoms with van der Waals surface area (Å²) in [5.74, 6) is 0.673. The maximum atomic E-state index is 13.2. The fourth-order valence-corrected chi connectivity index (χ4v) is 3.33. The van der Waals surface area contributed by atoms with Gasteiger partial charge in [0.1, 0.15) is 5.82 Å². The molecular formula is C27H37FN8O3. The van der Waals surface area contributed by atoms with E-state index in [2.05, 4.69) is 43.1 Å². The van der Waals surface area contributed by atoms with Gasteiger partial charge >= 0.3 is 0 Å². The van der Waals surface area contributed by atoms with E-state index in [1.54, 1.807) is 36.4 Å². The van der Waals surface area contributed by atoms with Gasteiger partial charge in [0.15, 0.2) is 0 Å². The second-order valence-electron chi connectivity index (χ2n) is 8.54. The lowest BCUT2D eigenvalue weighted by atomic mass is 10.2. The van der Waals surface area contributed by atoms with E-state index in [1.165, 1.54) is 12.1 Å². The zero-order chi connectivity index (χ0) is 27.7. The number of hydrogen-bond acceptors (Lipinski definition) is 10. The minimum Gasteiger partial charge on any atom is -0.378 e. The third-order valence-electron chi connectivity index (χ3n) is 5.38. The molecule has 210 valence electrons. The minimum absolute atomic E-state index is 0.195. The van der Waals surface area contributed by atoms with E-state index >= 15 is 0 Å². The molecule has 39 heavy (non-hydrogen) atoms. The van der Waals surface area contributed by atoms with Crippen LogP contribution in [0.2, 0.25) is 0 Å². The normalized spacial score (nSPS) is 10.7. The molecule has 0 unspecified atom stereocenters. The molecule has 0 aliphatic rings. The van der Waals surface area contributed by atoms with Crippen molar-refractivity contribution in [1.82, 2.24) is 20.3 Å². The average Bonchev–Trinajstić information content (AvgIpc) is 2.94. The van der Waals surface area contributed by atoms with Gasteiger partial charge in [-0.3, -0.25) is 4.79 Å². The molecular weight excluding hydrogens is 503 g/mol. The van der Waals surface area contributed by atoms with E-state index in [4.69, 9.17) is 15.2 Å². The van der Waals surface area contributed by atoms with Gasteiger partial charge in [-0.05, 0) is 48.4 Å². The molecule has 0 saturated carbocycles. The molecule has 0 aliphatic heterocycles. The van der Waals surface area contributed by atoms with Gasteiger partial charge in [0, 0.05) is 37.4 Å². The van der Waals surface area contributed by atoms with Crippen molar-refractivity contribution in [2.75, 3.05) is 62.0 Å². The molecule has 0 atom stereocenters. The zero-order valence-corrected chi connectivity index (χ0v) is 22.2. The van der Waals surface area contributed by atoms with E-state index in [1.807, 2.05) is 0 Å². The van der Waals surface area contributed by atoms with E-state index in [-0.39, 0.29) is 11.7 Å². The lowest BCUT2D eigenvalue weighted by Gasteiger charge is -2.12. The molecule has 1 amide bonds. The third kappa shape index (κ3) is 11.2. The lowest BCUT2D eigenvalue weighted by molar-refractivity contribution is 0.0511. The average molecular weight is 541 g/mol. The van der Waals surface area contributed by atoms with E-state index in [0.29, 0.717) is 75.2 Å². The molecule has 0 bridgehead atoms. The molecule has 0 aliphatic carbocycles. The highest BCUT2D eigenvalue weighted by Gasteiger charge is 2.09. The van der Waals surface area contributed by atoms with Gasteiger partial charge in [0.25, 0.3) is 5.91 Å². The van der Waals surface area contributed by atoms with E-state index < -0.39 is 0 Å². The SMILES string of the molecule is CCCCNc1nc(NCc2ccc(F)cc2)nc(Nc2ccc(C(=O)NCCOCCOCCN)cc2)n1. The summed E-state index contributed by atoms with van der Waals surface area (Å²) in [6, 6.07) is 13.2. The van der Waals surface area contributed by atoms with Crippen molar-refractivity contribution < 1.29 is 18.7 Å². The highest BCUT2D eigenvalue weighted by Crippen LogP contribution is 2.17. The summed E-state index contributed by atoms with van der Waals surface area (Å²) in [6.45, 7) is 5.96. The van der Waals surface area contributed by atoms with Crippen LogP contribution in [-0.2, 0) is 16.0 Å². The molecule has 2 aromatic carbocycles. The number of amides is 1. The Labute approximate surface area is 228 Å². The number of anilines is 4. The van der Waals surface area contributed by atoms with Crippen LogP contribution in [0.1, 0.15) is 35.7 Å². The Morgan fingerprint density at radius 2 is 1.51 bits per heavy atom. The highest BCUT2D eigenvalue weighted by atomic mass is 19.1. The van der Waals surface area contributed by atoms with Gasteiger partial charge < -0.3 is 36.5 Å². The Morgan fingerprint density at radius 3 is 2.21 bits per heavy atom. The summed E-state index contributed by atoms with van der Waals surface area (Å²) < 4.78 is 23.8. The summed E-state index contributed by atoms with van der Waals surface area (Å²) in [5, 5.41) is 12.4. The van der Waals surface area contributed by atoms with E-state index in [0.717, 1.165) is 24.9 Å². The largest absolute Gasteiger partial charge is 0.378 e. The van der Waals surface area contributed by atoms with Gasteiger partial charge in [-0.25, -0.2) is 4.39 Å². The Hall–Kier alpha value is -3.87. The van der Waals surface area contributed by atoms with Crippen LogP contribution in [0.4, 0.5) is 27.9 Å². The van der Waals surface area contributed by atoms with E-state index in [9.17, 15) is 9.18 Å². The number of nitrogens with two attached hydrogens (primary N) is 1. The molecule has 3 aromatic rings. The van der Waals surface area contributed by atoms with Gasteiger partial charge in [0.2, 0.25) is 17.8 Å². The number of rotatable bonds is 18. The van der Waals surface area contributed by atoms with Crippen molar-refractivity contribution >= 4 is 29.4 Å². The number of benzene rings is 2. The Morgan fingerprint density at radius 1 is 0.846 bits per heavy atom. The summed E-state index contributed by atoms with van der Waals surface area (Å²) in [7, 11) is 0. The van der Waals surface area contributed by atoms with Crippen LogP contribution >= 0.6 is 0 Å². The molecule has 0 radical (unpaired) electrons. The van der Waals surface area contributed by atoms with Crippen molar-refractivity contribution in [2.24, 2.45) is 5.73 Å². The number of nitrogens with zero attached hydrogens (tertiary/aromatic N) is 3. The zero-order valence-electron chi connectivity index (χ0n) is 22.2. The predicted molar refractivity (Wildman–Crippen MR) is 150 cm³/mol. The summed E-state index contributed by atoms with van der Waals surface area (Å²) in [6.07, 6.45) is 2.02. The molecule has 12 heteroatoms. The Bertz CT molecular complexity index is 1130. The lowest BCUT2D eigenvalue weighted by Crippen LogP contribution is -2.27. The second kappa shape index (κ2) is 16.9. The number of unbranched alkanes of at least 4 members (excludes halogenated alkanes) is 1. The quantitative estimate of drug-likeness (QED) is 0.152. The third-order valence-corrected chi connectivity index (χ3v) is 5.38. The number of halogens is 1. The maximum absolute atomic E-state index is 13.2. The summed E-state index contributed by atoms with van der Waals surface area (Å²) in [5.41, 5.74) is 7.48.